The van der Waals surface area contributed by atoms with Gasteiger partial charge >= 0.3 is 0 Å². The number of pyridine rings is 1. The Bertz CT molecular complexity index is 984. The quantitative estimate of drug-likeness (QED) is 0.788. The number of nitrogens with zero attached hydrogens (tertiary/aromatic N) is 1. The molecule has 4 rings (SSSR count). The monoisotopic (exact) mass is 348 g/mol. The molecule has 2 heterocycles. The SMILES string of the molecule is Cc1ccc2cc(C(=O)NCC3COc4ccccc4O3)c(C)nc2c1. The highest BCUT2D eigenvalue weighted by atomic mass is 16.6. The molecule has 1 atom stereocenters. The lowest BCUT2D eigenvalue weighted by Crippen LogP contribution is -2.40. The van der Waals surface area contributed by atoms with Crippen LogP contribution >= 0.6 is 0 Å². The standard InChI is InChI=1S/C21H20N2O3/c1-13-7-8-15-10-17(14(2)23-18(15)9-13)21(24)22-11-16-12-25-19-5-3-4-6-20(19)26-16/h3-10,16H,11-12H2,1-2H3,(H,22,24). The van der Waals surface area contributed by atoms with E-state index in [0.29, 0.717) is 30.2 Å². The maximum Gasteiger partial charge on any atom is 0.253 e. The number of ether oxygens (including phenoxy) is 2. The van der Waals surface area contributed by atoms with Crippen LogP contribution in [-0.2, 0) is 0 Å². The third-order valence-electron chi connectivity index (χ3n) is 4.47. The first-order valence-corrected chi connectivity index (χ1v) is 8.65. The van der Waals surface area contributed by atoms with E-state index in [9.17, 15) is 4.79 Å². The van der Waals surface area contributed by atoms with Gasteiger partial charge in [0.2, 0.25) is 0 Å². The Hall–Kier alpha value is -3.08. The Balaban J connectivity index is 1.46. The minimum absolute atomic E-state index is 0.153. The third kappa shape index (κ3) is 3.20. The van der Waals surface area contributed by atoms with Gasteiger partial charge in [-0.1, -0.05) is 24.3 Å². The fourth-order valence-electron chi connectivity index (χ4n) is 3.07. The number of benzene rings is 2. The number of para-hydroxylation sites is 2. The fraction of sp³-hybridized carbons (Fsp3) is 0.238. The largest absolute Gasteiger partial charge is 0.486 e. The van der Waals surface area contributed by atoms with Crippen LogP contribution in [0.1, 0.15) is 21.6 Å². The fourth-order valence-corrected chi connectivity index (χ4v) is 3.07. The van der Waals surface area contributed by atoms with Gasteiger partial charge in [0, 0.05) is 5.39 Å². The average molecular weight is 348 g/mol. The number of aromatic nitrogens is 1. The molecular weight excluding hydrogens is 328 g/mol. The first kappa shape index (κ1) is 16.4. The van der Waals surface area contributed by atoms with Crippen LogP contribution < -0.4 is 14.8 Å². The first-order valence-electron chi connectivity index (χ1n) is 8.65. The molecule has 0 radical (unpaired) electrons. The molecule has 5 heteroatoms. The van der Waals surface area contributed by atoms with Gasteiger partial charge in [-0.2, -0.15) is 0 Å². The molecule has 26 heavy (non-hydrogen) atoms. The summed E-state index contributed by atoms with van der Waals surface area (Å²) in [5.74, 6) is 1.29. The van der Waals surface area contributed by atoms with Crippen LogP contribution in [0.15, 0.2) is 48.5 Å². The normalized spacial score (nSPS) is 15.7. The molecule has 1 aliphatic rings. The molecule has 1 aromatic heterocycles. The maximum atomic E-state index is 12.6. The minimum atomic E-state index is -0.217. The summed E-state index contributed by atoms with van der Waals surface area (Å²) >= 11 is 0. The van der Waals surface area contributed by atoms with E-state index in [1.165, 1.54) is 0 Å². The molecule has 3 aromatic rings. The lowest BCUT2D eigenvalue weighted by atomic mass is 10.1. The van der Waals surface area contributed by atoms with Gasteiger partial charge in [-0.15, -0.1) is 0 Å². The number of hydrogen-bond acceptors (Lipinski definition) is 4. The van der Waals surface area contributed by atoms with Gasteiger partial charge in [-0.25, -0.2) is 0 Å². The number of fused-ring (bicyclic) bond motifs is 2. The predicted octanol–water partition coefficient (Wildman–Crippen LogP) is 3.42. The summed E-state index contributed by atoms with van der Waals surface area (Å²) in [6.45, 7) is 4.67. The van der Waals surface area contributed by atoms with Crippen molar-refractivity contribution in [1.29, 1.82) is 0 Å². The van der Waals surface area contributed by atoms with Gasteiger partial charge in [-0.05, 0) is 43.7 Å². The topological polar surface area (TPSA) is 60.5 Å². The average Bonchev–Trinajstić information content (AvgIpc) is 2.65. The van der Waals surface area contributed by atoms with Crippen LogP contribution in [-0.4, -0.2) is 30.1 Å². The second-order valence-electron chi connectivity index (χ2n) is 6.53. The Morgan fingerprint density at radius 1 is 1.15 bits per heavy atom. The number of carbonyl (C=O) groups excluding carboxylic acids is 1. The van der Waals surface area contributed by atoms with Crippen molar-refractivity contribution in [2.45, 2.75) is 20.0 Å². The molecule has 0 saturated carbocycles. The van der Waals surface area contributed by atoms with E-state index in [1.807, 2.05) is 62.4 Å². The van der Waals surface area contributed by atoms with Gasteiger partial charge in [0.15, 0.2) is 11.5 Å². The highest BCUT2D eigenvalue weighted by Gasteiger charge is 2.22. The molecule has 2 aromatic carbocycles. The molecule has 0 fully saturated rings. The van der Waals surface area contributed by atoms with Crippen LogP contribution in [0.4, 0.5) is 0 Å². The van der Waals surface area contributed by atoms with E-state index >= 15 is 0 Å². The summed E-state index contributed by atoms with van der Waals surface area (Å²) in [6.07, 6.45) is -0.217. The number of amides is 1. The summed E-state index contributed by atoms with van der Waals surface area (Å²) in [5.41, 5.74) is 3.35. The van der Waals surface area contributed by atoms with Crippen molar-refractivity contribution in [2.24, 2.45) is 0 Å². The van der Waals surface area contributed by atoms with E-state index in [2.05, 4.69) is 10.3 Å². The Morgan fingerprint density at radius 2 is 1.96 bits per heavy atom. The second kappa shape index (κ2) is 6.67. The maximum absolute atomic E-state index is 12.6. The Kier molecular flexibility index (Phi) is 4.21. The van der Waals surface area contributed by atoms with E-state index in [4.69, 9.17) is 9.47 Å². The first-order chi connectivity index (χ1) is 12.6. The summed E-state index contributed by atoms with van der Waals surface area (Å²) < 4.78 is 11.6. The van der Waals surface area contributed by atoms with E-state index < -0.39 is 0 Å². The van der Waals surface area contributed by atoms with Crippen molar-refractivity contribution in [3.05, 3.63) is 65.4 Å². The second-order valence-corrected chi connectivity index (χ2v) is 6.53. The van der Waals surface area contributed by atoms with Crippen molar-refractivity contribution in [3.8, 4) is 11.5 Å². The van der Waals surface area contributed by atoms with Gasteiger partial charge in [0.1, 0.15) is 12.7 Å². The van der Waals surface area contributed by atoms with Crippen LogP contribution in [0.25, 0.3) is 10.9 Å². The van der Waals surface area contributed by atoms with E-state index in [0.717, 1.165) is 22.2 Å². The lowest BCUT2D eigenvalue weighted by Gasteiger charge is -2.26. The Labute approximate surface area is 152 Å². The molecule has 1 aliphatic heterocycles. The van der Waals surface area contributed by atoms with E-state index in [1.54, 1.807) is 0 Å². The number of carbonyl (C=O) groups is 1. The van der Waals surface area contributed by atoms with Crippen molar-refractivity contribution in [1.82, 2.24) is 10.3 Å². The highest BCUT2D eigenvalue weighted by Crippen LogP contribution is 2.30. The van der Waals surface area contributed by atoms with Crippen LogP contribution in [0, 0.1) is 13.8 Å². The van der Waals surface area contributed by atoms with Crippen molar-refractivity contribution >= 4 is 16.8 Å². The minimum Gasteiger partial charge on any atom is -0.486 e. The van der Waals surface area contributed by atoms with Gasteiger partial charge < -0.3 is 14.8 Å². The van der Waals surface area contributed by atoms with Gasteiger partial charge in [-0.3, -0.25) is 9.78 Å². The molecule has 1 N–H and O–H groups in total. The van der Waals surface area contributed by atoms with Crippen molar-refractivity contribution < 1.29 is 14.3 Å². The molecule has 0 saturated heterocycles. The number of hydrogen-bond donors (Lipinski definition) is 1. The molecule has 1 amide bonds. The van der Waals surface area contributed by atoms with Gasteiger partial charge in [0.05, 0.1) is 23.3 Å². The van der Waals surface area contributed by atoms with E-state index in [-0.39, 0.29) is 12.0 Å². The molecule has 0 bridgehead atoms. The number of aryl methyl sites for hydroxylation is 2. The summed E-state index contributed by atoms with van der Waals surface area (Å²) in [4.78, 5) is 17.2. The van der Waals surface area contributed by atoms with Crippen molar-refractivity contribution in [3.63, 3.8) is 0 Å². The number of rotatable bonds is 3. The zero-order chi connectivity index (χ0) is 18.1. The van der Waals surface area contributed by atoms with Crippen LogP contribution in [0.5, 0.6) is 11.5 Å². The molecule has 0 aliphatic carbocycles. The van der Waals surface area contributed by atoms with Crippen LogP contribution in [0.3, 0.4) is 0 Å². The zero-order valence-corrected chi connectivity index (χ0v) is 14.8. The zero-order valence-electron chi connectivity index (χ0n) is 14.8. The highest BCUT2D eigenvalue weighted by molar-refractivity contribution is 5.98. The molecule has 0 spiro atoms. The third-order valence-corrected chi connectivity index (χ3v) is 4.47. The molecule has 1 unspecified atom stereocenters. The molecule has 5 nitrogen and oxygen atoms in total. The van der Waals surface area contributed by atoms with Crippen LogP contribution in [0.2, 0.25) is 0 Å². The summed E-state index contributed by atoms with van der Waals surface area (Å²) in [6, 6.07) is 15.5. The predicted molar refractivity (Wildman–Crippen MR) is 99.9 cm³/mol. The summed E-state index contributed by atoms with van der Waals surface area (Å²) in [5, 5.41) is 3.89. The van der Waals surface area contributed by atoms with Gasteiger partial charge in [0.25, 0.3) is 5.91 Å². The molecular formula is C21H20N2O3. The number of nitrogens with one attached hydrogen (secondary N) is 1. The lowest BCUT2D eigenvalue weighted by molar-refractivity contribution is 0.0788. The summed E-state index contributed by atoms with van der Waals surface area (Å²) in [7, 11) is 0. The Morgan fingerprint density at radius 3 is 2.81 bits per heavy atom. The smallest absolute Gasteiger partial charge is 0.253 e. The molecule has 132 valence electrons. The van der Waals surface area contributed by atoms with Crippen molar-refractivity contribution in [2.75, 3.05) is 13.2 Å².